The fraction of sp³-hybridized carbons (Fsp3) is 0.231. The van der Waals surface area contributed by atoms with Crippen molar-refractivity contribution in [3.8, 4) is 0 Å². The number of hydrogen-bond acceptors (Lipinski definition) is 4. The number of azide groups is 1. The van der Waals surface area contributed by atoms with Crippen LogP contribution in [0, 0.1) is 6.92 Å². The molecule has 0 bridgehead atoms. The van der Waals surface area contributed by atoms with Crippen molar-refractivity contribution in [3.05, 3.63) is 51.0 Å². The third kappa shape index (κ3) is 3.55. The van der Waals surface area contributed by atoms with E-state index in [1.54, 1.807) is 19.1 Å². The molecule has 13 heteroatoms. The number of carbonyl (C=O) groups excluding carboxylic acids is 1. The van der Waals surface area contributed by atoms with E-state index in [-0.39, 0.29) is 4.90 Å². The smallest absolute Gasteiger partial charge is 0.282 e. The van der Waals surface area contributed by atoms with Crippen molar-refractivity contribution in [2.45, 2.75) is 20.5 Å². The third-order valence-corrected chi connectivity index (χ3v) is 7.15. The van der Waals surface area contributed by atoms with Crippen LogP contribution in [0.5, 0.6) is 0 Å². The van der Waals surface area contributed by atoms with Crippen LogP contribution in [-0.2, 0) is 14.8 Å². The van der Waals surface area contributed by atoms with Crippen LogP contribution in [0.4, 0.5) is 0 Å². The quantitative estimate of drug-likeness (QED) is 0.270. The van der Waals surface area contributed by atoms with Gasteiger partial charge in [0.05, 0.1) is 9.93 Å². The average molecular weight is 477 g/mol. The number of Topliss-reactive ketones (excluding diaryl/α,β-unsaturated/α-hetero) is 1. The SMILES string of the molecule is Cc1ccc(S(=O)(=O)/N=C2\C(Cl)=C(N=[N+]=[N-])C(=O)C(Cl)(Cl)C2(Cl)Cl)cc1. The largest absolute Gasteiger partial charge is 0.291 e. The third-order valence-electron chi connectivity index (χ3n) is 3.28. The summed E-state index contributed by atoms with van der Waals surface area (Å²) in [5, 5.41) is 2.41. The topological polar surface area (TPSA) is 112 Å². The van der Waals surface area contributed by atoms with E-state index in [1.165, 1.54) is 12.1 Å². The van der Waals surface area contributed by atoms with E-state index in [2.05, 4.69) is 14.4 Å². The number of ketones is 1. The van der Waals surface area contributed by atoms with Crippen molar-refractivity contribution in [3.63, 3.8) is 0 Å². The molecule has 0 saturated carbocycles. The first-order valence-electron chi connectivity index (χ1n) is 6.54. The van der Waals surface area contributed by atoms with Crippen LogP contribution in [0.1, 0.15) is 5.56 Å². The molecule has 1 aromatic rings. The van der Waals surface area contributed by atoms with Crippen LogP contribution in [0.3, 0.4) is 0 Å². The highest BCUT2D eigenvalue weighted by atomic mass is 35.5. The molecule has 0 N–H and O–H groups in total. The van der Waals surface area contributed by atoms with Gasteiger partial charge in [0.15, 0.2) is 0 Å². The lowest BCUT2D eigenvalue weighted by atomic mass is 9.99. The molecule has 0 unspecified atom stereocenters. The summed E-state index contributed by atoms with van der Waals surface area (Å²) in [5.41, 5.74) is 7.90. The normalized spacial score (nSPS) is 20.8. The predicted molar refractivity (Wildman–Crippen MR) is 102 cm³/mol. The van der Waals surface area contributed by atoms with Crippen LogP contribution in [0.25, 0.3) is 10.4 Å². The summed E-state index contributed by atoms with van der Waals surface area (Å²) in [6.45, 7) is 1.76. The second-order valence-electron chi connectivity index (χ2n) is 5.06. The van der Waals surface area contributed by atoms with Crippen molar-refractivity contribution in [2.24, 2.45) is 9.51 Å². The minimum Gasteiger partial charge on any atom is -0.291 e. The minimum atomic E-state index is -4.35. The van der Waals surface area contributed by atoms with Crippen LogP contribution in [0.15, 0.2) is 49.4 Å². The zero-order chi connectivity index (χ0) is 19.9. The van der Waals surface area contributed by atoms with Gasteiger partial charge in [-0.1, -0.05) is 80.8 Å². The lowest BCUT2D eigenvalue weighted by Crippen LogP contribution is -2.53. The first-order valence-corrected chi connectivity index (χ1v) is 9.87. The molecule has 0 aromatic heterocycles. The summed E-state index contributed by atoms with van der Waals surface area (Å²) in [7, 11) is -4.35. The molecule has 0 spiro atoms. The van der Waals surface area contributed by atoms with Gasteiger partial charge in [-0.3, -0.25) is 4.79 Å². The zero-order valence-corrected chi connectivity index (χ0v) is 17.2. The fourth-order valence-electron chi connectivity index (χ4n) is 1.90. The molecule has 0 radical (unpaired) electrons. The highest BCUT2D eigenvalue weighted by molar-refractivity contribution is 7.90. The number of hydrogen-bond donors (Lipinski definition) is 0. The lowest BCUT2D eigenvalue weighted by Gasteiger charge is -2.36. The molecule has 138 valence electrons. The molecular weight excluding hydrogens is 470 g/mol. The Bertz CT molecular complexity index is 993. The number of alkyl halides is 4. The Hall–Kier alpha value is -0.990. The molecule has 0 aliphatic heterocycles. The summed E-state index contributed by atoms with van der Waals surface area (Å²) < 4.78 is 23.4. The summed E-state index contributed by atoms with van der Waals surface area (Å²) in [6, 6.07) is 5.69. The number of allylic oxidation sites excluding steroid dienone is 2. The molecule has 0 fully saturated rings. The van der Waals surface area contributed by atoms with Gasteiger partial charge in [-0.25, -0.2) is 0 Å². The van der Waals surface area contributed by atoms with Crippen molar-refractivity contribution in [2.75, 3.05) is 0 Å². The van der Waals surface area contributed by atoms with Crippen molar-refractivity contribution in [1.29, 1.82) is 0 Å². The van der Waals surface area contributed by atoms with Crippen molar-refractivity contribution >= 4 is 79.5 Å². The van der Waals surface area contributed by atoms with Crippen LogP contribution in [-0.4, -0.2) is 28.6 Å². The van der Waals surface area contributed by atoms with E-state index in [0.717, 1.165) is 5.56 Å². The summed E-state index contributed by atoms with van der Waals surface area (Å²) in [5.74, 6) is -1.19. The number of nitrogens with zero attached hydrogens (tertiary/aromatic N) is 4. The van der Waals surface area contributed by atoms with Gasteiger partial charge >= 0.3 is 0 Å². The number of sulfonamides is 1. The maximum absolute atomic E-state index is 12.5. The van der Waals surface area contributed by atoms with Gasteiger partial charge in [0.2, 0.25) is 14.4 Å². The number of benzene rings is 1. The molecular formula is C13H7Cl5N4O3S. The molecule has 1 aliphatic carbocycles. The highest BCUT2D eigenvalue weighted by Gasteiger charge is 2.61. The molecule has 0 heterocycles. The lowest BCUT2D eigenvalue weighted by molar-refractivity contribution is -0.116. The first kappa shape index (κ1) is 21.3. The van der Waals surface area contributed by atoms with Crippen LogP contribution in [0.2, 0.25) is 0 Å². The van der Waals surface area contributed by atoms with Gasteiger partial charge < -0.3 is 0 Å². The molecule has 0 saturated heterocycles. The summed E-state index contributed by atoms with van der Waals surface area (Å²) in [6.07, 6.45) is 0. The monoisotopic (exact) mass is 474 g/mol. The molecule has 7 nitrogen and oxygen atoms in total. The Kier molecular flexibility index (Phi) is 5.90. The molecule has 0 amide bonds. The van der Waals surface area contributed by atoms with Gasteiger partial charge in [-0.2, -0.15) is 12.8 Å². The Morgan fingerprint density at radius 1 is 1.08 bits per heavy atom. The van der Waals surface area contributed by atoms with Gasteiger partial charge in [-0.05, 0) is 24.6 Å². The van der Waals surface area contributed by atoms with Gasteiger partial charge in [-0.15, -0.1) is 0 Å². The maximum Gasteiger partial charge on any atom is 0.282 e. The standard InChI is InChI=1S/C13H7Cl5N4O3S/c1-6-2-4-7(5-3-6)26(24,25)21-10-8(14)9(20-22-19)11(23)13(17,18)12(10,15)16/h2-5H,1H3/b21-10+. The maximum atomic E-state index is 12.5. The number of halogens is 5. The van der Waals surface area contributed by atoms with Gasteiger partial charge in [0, 0.05) is 4.91 Å². The van der Waals surface area contributed by atoms with E-state index in [0.29, 0.717) is 0 Å². The van der Waals surface area contributed by atoms with E-state index in [4.69, 9.17) is 63.5 Å². The second-order valence-corrected chi connectivity index (χ2v) is 9.69. The predicted octanol–water partition coefficient (Wildman–Crippen LogP) is 4.82. The molecule has 1 aromatic carbocycles. The molecule has 2 rings (SSSR count). The number of rotatable bonds is 3. The second kappa shape index (κ2) is 7.20. The molecule has 0 atom stereocenters. The average Bonchev–Trinajstić information content (AvgIpc) is 2.55. The summed E-state index contributed by atoms with van der Waals surface area (Å²) in [4.78, 5) is 14.5. The first-order chi connectivity index (χ1) is 11.9. The molecule has 26 heavy (non-hydrogen) atoms. The molecule has 1 aliphatic rings. The van der Waals surface area contributed by atoms with E-state index >= 15 is 0 Å². The minimum absolute atomic E-state index is 0.193. The van der Waals surface area contributed by atoms with Gasteiger partial charge in [0.25, 0.3) is 10.0 Å². The number of carbonyl (C=O) groups is 1. The van der Waals surface area contributed by atoms with E-state index < -0.39 is 40.9 Å². The van der Waals surface area contributed by atoms with Gasteiger partial charge in [0.1, 0.15) is 11.4 Å². The van der Waals surface area contributed by atoms with E-state index in [1.807, 2.05) is 0 Å². The Balaban J connectivity index is 2.79. The Morgan fingerprint density at radius 3 is 2.12 bits per heavy atom. The zero-order valence-electron chi connectivity index (χ0n) is 12.6. The van der Waals surface area contributed by atoms with Crippen LogP contribution >= 0.6 is 58.0 Å². The summed E-state index contributed by atoms with van der Waals surface area (Å²) >= 11 is 29.8. The highest BCUT2D eigenvalue weighted by Crippen LogP contribution is 2.51. The van der Waals surface area contributed by atoms with Crippen LogP contribution < -0.4 is 0 Å². The fourth-order valence-corrected chi connectivity index (χ4v) is 4.32. The van der Waals surface area contributed by atoms with E-state index in [9.17, 15) is 13.2 Å². The van der Waals surface area contributed by atoms with Crippen molar-refractivity contribution < 1.29 is 13.2 Å². The Labute approximate surface area is 173 Å². The Morgan fingerprint density at radius 2 is 1.62 bits per heavy atom. The van der Waals surface area contributed by atoms with Crippen molar-refractivity contribution in [1.82, 2.24) is 0 Å². The number of aryl methyl sites for hydroxylation is 1.